The second-order valence-corrected chi connectivity index (χ2v) is 10.8. The second kappa shape index (κ2) is 11.0. The normalized spacial score (nSPS) is 15.3. The summed E-state index contributed by atoms with van der Waals surface area (Å²) < 4.78 is 35.8. The van der Waals surface area contributed by atoms with E-state index in [1.807, 2.05) is 18.2 Å². The zero-order valence-electron chi connectivity index (χ0n) is 19.4. The van der Waals surface area contributed by atoms with E-state index in [-0.39, 0.29) is 31.0 Å². The average Bonchev–Trinajstić information content (AvgIpc) is 2.92. The van der Waals surface area contributed by atoms with Crippen molar-refractivity contribution in [2.45, 2.75) is 35.3 Å². The molecule has 0 aromatic heterocycles. The predicted octanol–water partition coefficient (Wildman–Crippen LogP) is 4.19. The lowest BCUT2D eigenvalue weighted by Gasteiger charge is -2.34. The molecule has 3 aromatic rings. The first-order valence-corrected chi connectivity index (χ1v) is 13.1. The van der Waals surface area contributed by atoms with E-state index < -0.39 is 20.5 Å². The average molecular weight is 496 g/mol. The molecule has 3 aromatic carbocycles. The van der Waals surface area contributed by atoms with E-state index in [0.717, 1.165) is 12.8 Å². The smallest absolute Gasteiger partial charge is 0.265 e. The van der Waals surface area contributed by atoms with Crippen molar-refractivity contribution in [3.8, 4) is 16.9 Å². The third kappa shape index (κ3) is 5.40. The summed E-state index contributed by atoms with van der Waals surface area (Å²) in [7, 11) is -4.04. The van der Waals surface area contributed by atoms with Crippen molar-refractivity contribution >= 4 is 15.7 Å². The minimum Gasteiger partial charge on any atom is -0.494 e. The highest BCUT2D eigenvalue weighted by atomic mass is 32.2. The van der Waals surface area contributed by atoms with Gasteiger partial charge < -0.3 is 9.47 Å². The molecular weight excluding hydrogens is 466 g/mol. The van der Waals surface area contributed by atoms with Gasteiger partial charge in [-0.1, -0.05) is 54.6 Å². The Labute approximate surface area is 205 Å². The quantitative estimate of drug-likeness (QED) is 0.262. The summed E-state index contributed by atoms with van der Waals surface area (Å²) in [5, 5.41) is 9.15. The van der Waals surface area contributed by atoms with Gasteiger partial charge in [0.2, 0.25) is 0 Å². The third-order valence-corrected chi connectivity index (χ3v) is 8.92. The lowest BCUT2D eigenvalue weighted by atomic mass is 9.98. The summed E-state index contributed by atoms with van der Waals surface area (Å²) in [5.41, 5.74) is 5.11. The van der Waals surface area contributed by atoms with Crippen LogP contribution in [0.1, 0.15) is 24.8 Å². The van der Waals surface area contributed by atoms with Gasteiger partial charge in [-0.15, -0.1) is 0 Å². The fourth-order valence-corrected chi connectivity index (χ4v) is 6.26. The van der Waals surface area contributed by atoms with E-state index >= 15 is 0 Å². The third-order valence-electron chi connectivity index (χ3n) is 6.40. The van der Waals surface area contributed by atoms with Crippen LogP contribution in [-0.2, 0) is 25.8 Å². The van der Waals surface area contributed by atoms with Crippen molar-refractivity contribution in [3.63, 3.8) is 0 Å². The number of benzene rings is 3. The van der Waals surface area contributed by atoms with Gasteiger partial charge >= 0.3 is 0 Å². The molecule has 0 bridgehead atoms. The summed E-state index contributed by atoms with van der Waals surface area (Å²) in [5.74, 6) is -0.381. The first kappa shape index (κ1) is 24.9. The van der Waals surface area contributed by atoms with Gasteiger partial charge in [0, 0.05) is 13.2 Å². The maximum atomic E-state index is 13.3. The Hall–Kier alpha value is -3.20. The Morgan fingerprint density at radius 1 is 0.914 bits per heavy atom. The molecule has 1 amide bonds. The van der Waals surface area contributed by atoms with Gasteiger partial charge in [-0.05, 0) is 66.6 Å². The first-order chi connectivity index (χ1) is 17.0. The Balaban J connectivity index is 1.33. The number of ether oxygens (including phenoxy) is 2. The molecule has 35 heavy (non-hydrogen) atoms. The monoisotopic (exact) mass is 495 g/mol. The molecule has 0 saturated carbocycles. The fraction of sp³-hybridized carbons (Fsp3) is 0.296. The van der Waals surface area contributed by atoms with E-state index in [1.54, 1.807) is 12.1 Å². The minimum absolute atomic E-state index is 0.00820. The van der Waals surface area contributed by atoms with E-state index in [9.17, 15) is 13.2 Å². The number of hydrogen-bond donors (Lipinski definition) is 2. The summed E-state index contributed by atoms with van der Waals surface area (Å²) in [6.45, 7) is 0.742. The van der Waals surface area contributed by atoms with E-state index in [4.69, 9.17) is 14.7 Å². The summed E-state index contributed by atoms with van der Waals surface area (Å²) in [4.78, 5) is 12.3. The standard InChI is InChI=1S/C27H29NO6S/c29-26(28-30)27(16-19-33-20-17-27)35(31,32)25-14-12-24(13-15-25)34-18-4-5-21-8-10-23(11-9-21)22-6-2-1-3-7-22/h1-3,6-15,30H,4-5,16-20H2,(H,28,29). The molecule has 0 aliphatic carbocycles. The van der Waals surface area contributed by atoms with Crippen molar-refractivity contribution in [1.82, 2.24) is 5.48 Å². The molecule has 0 radical (unpaired) electrons. The van der Waals surface area contributed by atoms with Crippen LogP contribution in [0.3, 0.4) is 0 Å². The number of sulfone groups is 1. The highest BCUT2D eigenvalue weighted by Gasteiger charge is 2.52. The molecule has 0 unspecified atom stereocenters. The van der Waals surface area contributed by atoms with E-state index in [1.165, 1.54) is 34.3 Å². The molecule has 7 nitrogen and oxygen atoms in total. The Morgan fingerprint density at radius 3 is 2.17 bits per heavy atom. The van der Waals surface area contributed by atoms with Crippen molar-refractivity contribution in [2.75, 3.05) is 19.8 Å². The van der Waals surface area contributed by atoms with Crippen LogP contribution < -0.4 is 10.2 Å². The lowest BCUT2D eigenvalue weighted by molar-refractivity contribution is -0.134. The lowest BCUT2D eigenvalue weighted by Crippen LogP contribution is -2.54. The van der Waals surface area contributed by atoms with Crippen molar-refractivity contribution < 1.29 is 27.9 Å². The van der Waals surface area contributed by atoms with Crippen LogP contribution in [0.25, 0.3) is 11.1 Å². The van der Waals surface area contributed by atoms with Gasteiger partial charge in [-0.25, -0.2) is 13.9 Å². The summed E-state index contributed by atoms with van der Waals surface area (Å²) in [6, 6.07) is 24.8. The largest absolute Gasteiger partial charge is 0.494 e. The predicted molar refractivity (Wildman–Crippen MR) is 132 cm³/mol. The van der Waals surface area contributed by atoms with Gasteiger partial charge in [-0.3, -0.25) is 10.0 Å². The van der Waals surface area contributed by atoms with Crippen LogP contribution in [0.5, 0.6) is 5.75 Å². The SMILES string of the molecule is O=C(NO)C1(S(=O)(=O)c2ccc(OCCCc3ccc(-c4ccccc4)cc3)cc2)CCOCC1. The van der Waals surface area contributed by atoms with Gasteiger partial charge in [0.05, 0.1) is 11.5 Å². The number of amides is 1. The Kier molecular flexibility index (Phi) is 7.85. The molecule has 4 rings (SSSR count). The van der Waals surface area contributed by atoms with E-state index in [0.29, 0.717) is 12.4 Å². The maximum Gasteiger partial charge on any atom is 0.265 e. The number of carbonyl (C=O) groups is 1. The number of hydrogen-bond acceptors (Lipinski definition) is 6. The molecule has 1 fully saturated rings. The van der Waals surface area contributed by atoms with Crippen LogP contribution in [0.4, 0.5) is 0 Å². The van der Waals surface area contributed by atoms with Gasteiger partial charge in [0.25, 0.3) is 5.91 Å². The van der Waals surface area contributed by atoms with Gasteiger partial charge in [0.15, 0.2) is 14.6 Å². The second-order valence-electron chi connectivity index (χ2n) is 8.54. The topological polar surface area (TPSA) is 102 Å². The molecule has 1 aliphatic rings. The maximum absolute atomic E-state index is 13.3. The van der Waals surface area contributed by atoms with Crippen molar-refractivity contribution in [1.29, 1.82) is 0 Å². The Morgan fingerprint density at radius 2 is 1.54 bits per heavy atom. The molecule has 0 spiro atoms. The molecule has 1 aliphatic heterocycles. The summed E-state index contributed by atoms with van der Waals surface area (Å²) in [6.07, 6.45) is 1.63. The van der Waals surface area contributed by atoms with Gasteiger partial charge in [0.1, 0.15) is 5.75 Å². The van der Waals surface area contributed by atoms with Crippen LogP contribution in [-0.4, -0.2) is 44.1 Å². The number of carbonyl (C=O) groups excluding carboxylic acids is 1. The zero-order chi connectivity index (χ0) is 24.7. The molecule has 184 valence electrons. The van der Waals surface area contributed by atoms with E-state index in [2.05, 4.69) is 36.4 Å². The number of nitrogens with one attached hydrogen (secondary N) is 1. The van der Waals surface area contributed by atoms with Crippen LogP contribution >= 0.6 is 0 Å². The first-order valence-electron chi connectivity index (χ1n) is 11.6. The molecule has 2 N–H and O–H groups in total. The van der Waals surface area contributed by atoms with Crippen LogP contribution in [0, 0.1) is 0 Å². The van der Waals surface area contributed by atoms with Crippen LogP contribution in [0.15, 0.2) is 83.8 Å². The molecule has 1 saturated heterocycles. The number of rotatable bonds is 9. The highest BCUT2D eigenvalue weighted by molar-refractivity contribution is 7.93. The molecular formula is C27H29NO6S. The van der Waals surface area contributed by atoms with Crippen molar-refractivity contribution in [3.05, 3.63) is 84.4 Å². The minimum atomic E-state index is -4.04. The highest BCUT2D eigenvalue weighted by Crippen LogP contribution is 2.35. The van der Waals surface area contributed by atoms with Crippen molar-refractivity contribution in [2.24, 2.45) is 0 Å². The molecule has 1 heterocycles. The molecule has 0 atom stereocenters. The fourth-order valence-electron chi connectivity index (χ4n) is 4.32. The zero-order valence-corrected chi connectivity index (χ0v) is 20.2. The Bertz CT molecular complexity index is 1220. The number of aryl methyl sites for hydroxylation is 1. The molecule has 8 heteroatoms. The summed E-state index contributed by atoms with van der Waals surface area (Å²) >= 11 is 0. The van der Waals surface area contributed by atoms with Crippen LogP contribution in [0.2, 0.25) is 0 Å². The van der Waals surface area contributed by atoms with Gasteiger partial charge in [-0.2, -0.15) is 0 Å². The number of hydroxylamine groups is 1.